The second-order valence-electron chi connectivity index (χ2n) is 4.74. The van der Waals surface area contributed by atoms with E-state index in [0.29, 0.717) is 10.7 Å². The van der Waals surface area contributed by atoms with E-state index in [1.165, 1.54) is 19.1 Å². The van der Waals surface area contributed by atoms with Crippen molar-refractivity contribution in [3.05, 3.63) is 66.5 Å². The van der Waals surface area contributed by atoms with Crippen molar-refractivity contribution in [2.24, 2.45) is 0 Å². The van der Waals surface area contributed by atoms with Crippen LogP contribution in [0, 0.1) is 17.0 Å². The van der Waals surface area contributed by atoms with Crippen LogP contribution >= 0.6 is 23.2 Å². The molecule has 0 unspecified atom stereocenters. The number of amides is 1. The van der Waals surface area contributed by atoms with E-state index < -0.39 is 16.4 Å². The van der Waals surface area contributed by atoms with Crippen molar-refractivity contribution in [3.8, 4) is 0 Å². The van der Waals surface area contributed by atoms with E-state index in [2.05, 4.69) is 5.32 Å². The quantitative estimate of drug-likeness (QED) is 0.673. The molecule has 0 aliphatic heterocycles. The molecular formula is C14H11Cl2N3O4. The van der Waals surface area contributed by atoms with Crippen LogP contribution in [0.25, 0.3) is 0 Å². The van der Waals surface area contributed by atoms with Gasteiger partial charge in [0.2, 0.25) is 5.91 Å². The maximum atomic E-state index is 12.0. The fourth-order valence-corrected chi connectivity index (χ4v) is 2.24. The lowest BCUT2D eigenvalue weighted by Crippen LogP contribution is -2.27. The third-order valence-electron chi connectivity index (χ3n) is 3.02. The first-order valence-electron chi connectivity index (χ1n) is 6.38. The smallest absolute Gasteiger partial charge is 0.288 e. The van der Waals surface area contributed by atoms with Gasteiger partial charge in [0, 0.05) is 16.7 Å². The minimum absolute atomic E-state index is 0.231. The van der Waals surface area contributed by atoms with Gasteiger partial charge in [0.05, 0.1) is 21.8 Å². The summed E-state index contributed by atoms with van der Waals surface area (Å²) in [4.78, 5) is 34.1. The van der Waals surface area contributed by atoms with Gasteiger partial charge >= 0.3 is 0 Å². The first-order chi connectivity index (χ1) is 10.8. The van der Waals surface area contributed by atoms with Crippen LogP contribution in [-0.4, -0.2) is 15.4 Å². The molecule has 1 N–H and O–H groups in total. The highest BCUT2D eigenvalue weighted by Gasteiger charge is 2.15. The molecule has 23 heavy (non-hydrogen) atoms. The number of rotatable bonds is 4. The van der Waals surface area contributed by atoms with Crippen molar-refractivity contribution >= 4 is 40.5 Å². The summed E-state index contributed by atoms with van der Waals surface area (Å²) in [5, 5.41) is 14.1. The number of benzene rings is 1. The number of aryl methyl sites for hydroxylation is 1. The maximum absolute atomic E-state index is 12.0. The van der Waals surface area contributed by atoms with Gasteiger partial charge in [0.15, 0.2) is 0 Å². The Balaban J connectivity index is 2.24. The summed E-state index contributed by atoms with van der Waals surface area (Å²) in [6, 6.07) is 5.65. The first kappa shape index (κ1) is 17.0. The van der Waals surface area contributed by atoms with Crippen LogP contribution in [0.3, 0.4) is 0 Å². The lowest BCUT2D eigenvalue weighted by atomic mass is 10.2. The predicted molar refractivity (Wildman–Crippen MR) is 87.2 cm³/mol. The molecule has 0 aliphatic carbocycles. The molecular weight excluding hydrogens is 345 g/mol. The maximum Gasteiger partial charge on any atom is 0.288 e. The summed E-state index contributed by atoms with van der Waals surface area (Å²) in [7, 11) is 0. The Kier molecular flexibility index (Phi) is 5.02. The van der Waals surface area contributed by atoms with Crippen molar-refractivity contribution in [3.63, 3.8) is 0 Å². The summed E-state index contributed by atoms with van der Waals surface area (Å²) < 4.78 is 0.957. The van der Waals surface area contributed by atoms with Crippen LogP contribution in [0.15, 0.2) is 35.3 Å². The van der Waals surface area contributed by atoms with Gasteiger partial charge < -0.3 is 5.32 Å². The molecule has 2 aromatic rings. The van der Waals surface area contributed by atoms with Gasteiger partial charge in [0.1, 0.15) is 6.54 Å². The monoisotopic (exact) mass is 355 g/mol. The van der Waals surface area contributed by atoms with E-state index in [4.69, 9.17) is 23.2 Å². The molecule has 1 aromatic heterocycles. The minimum Gasteiger partial charge on any atom is -0.323 e. The SMILES string of the molecule is Cc1cc(=O)n(CC(=O)Nc2cc(Cl)ccc2Cl)cc1[N+](=O)[O-]. The summed E-state index contributed by atoms with van der Waals surface area (Å²) >= 11 is 11.7. The highest BCUT2D eigenvalue weighted by Crippen LogP contribution is 2.25. The molecule has 0 spiro atoms. The number of nitrogens with zero attached hydrogens (tertiary/aromatic N) is 2. The van der Waals surface area contributed by atoms with E-state index in [1.807, 2.05) is 0 Å². The standard InChI is InChI=1S/C14H11Cl2N3O4/c1-8-4-14(21)18(6-12(8)19(22)23)7-13(20)17-11-5-9(15)2-3-10(11)16/h2-6H,7H2,1H3,(H,17,20). The van der Waals surface area contributed by atoms with E-state index in [1.54, 1.807) is 6.07 Å². The Morgan fingerprint density at radius 3 is 2.70 bits per heavy atom. The Hall–Kier alpha value is -2.38. The molecule has 1 amide bonds. The minimum atomic E-state index is -0.614. The number of nitrogens with one attached hydrogen (secondary N) is 1. The predicted octanol–water partition coefficient (Wildman–Crippen LogP) is 3.01. The highest BCUT2D eigenvalue weighted by atomic mass is 35.5. The van der Waals surface area contributed by atoms with Crippen molar-refractivity contribution in [1.29, 1.82) is 0 Å². The summed E-state index contributed by atoms with van der Waals surface area (Å²) in [6.45, 7) is 1.07. The number of halogens is 2. The number of pyridine rings is 1. The van der Waals surface area contributed by atoms with Gasteiger partial charge in [-0.05, 0) is 25.1 Å². The van der Waals surface area contributed by atoms with E-state index in [0.717, 1.165) is 16.8 Å². The van der Waals surface area contributed by atoms with Crippen molar-refractivity contribution in [2.75, 3.05) is 5.32 Å². The Bertz CT molecular complexity index is 848. The molecule has 7 nitrogen and oxygen atoms in total. The summed E-state index contributed by atoms with van der Waals surface area (Å²) in [5.41, 5.74) is -0.230. The molecule has 0 radical (unpaired) electrons. The fourth-order valence-electron chi connectivity index (χ4n) is 1.91. The zero-order chi connectivity index (χ0) is 17.1. The number of hydrogen-bond acceptors (Lipinski definition) is 4. The number of hydrogen-bond donors (Lipinski definition) is 1. The molecule has 0 saturated carbocycles. The van der Waals surface area contributed by atoms with Crippen LogP contribution in [0.2, 0.25) is 10.0 Å². The van der Waals surface area contributed by atoms with Gasteiger partial charge in [-0.3, -0.25) is 24.3 Å². The molecule has 0 bridgehead atoms. The van der Waals surface area contributed by atoms with Crippen molar-refractivity contribution in [2.45, 2.75) is 13.5 Å². The highest BCUT2D eigenvalue weighted by molar-refractivity contribution is 6.35. The van der Waals surface area contributed by atoms with E-state index in [-0.39, 0.29) is 22.8 Å². The molecule has 9 heteroatoms. The third kappa shape index (κ3) is 4.08. The van der Waals surface area contributed by atoms with Crippen LogP contribution in [-0.2, 0) is 11.3 Å². The van der Waals surface area contributed by atoms with Gasteiger partial charge in [0.25, 0.3) is 11.2 Å². The lowest BCUT2D eigenvalue weighted by Gasteiger charge is -2.09. The van der Waals surface area contributed by atoms with Crippen LogP contribution in [0.1, 0.15) is 5.56 Å². The molecule has 120 valence electrons. The topological polar surface area (TPSA) is 94.2 Å². The summed E-state index contributed by atoms with van der Waals surface area (Å²) in [5.74, 6) is -0.561. The number of carbonyl (C=O) groups excluding carboxylic acids is 1. The molecule has 2 rings (SSSR count). The van der Waals surface area contributed by atoms with Crippen LogP contribution in [0.4, 0.5) is 11.4 Å². The Morgan fingerprint density at radius 1 is 1.35 bits per heavy atom. The lowest BCUT2D eigenvalue weighted by molar-refractivity contribution is -0.385. The third-order valence-corrected chi connectivity index (χ3v) is 3.58. The number of anilines is 1. The summed E-state index contributed by atoms with van der Waals surface area (Å²) in [6.07, 6.45) is 1.04. The number of carbonyl (C=O) groups is 1. The van der Waals surface area contributed by atoms with Gasteiger partial charge in [-0.2, -0.15) is 0 Å². The average molecular weight is 356 g/mol. The van der Waals surface area contributed by atoms with Crippen molar-refractivity contribution < 1.29 is 9.72 Å². The largest absolute Gasteiger partial charge is 0.323 e. The Morgan fingerprint density at radius 2 is 2.04 bits per heavy atom. The Labute approximate surface area is 140 Å². The van der Waals surface area contributed by atoms with Gasteiger partial charge in [-0.25, -0.2) is 0 Å². The normalized spacial score (nSPS) is 10.4. The molecule has 0 atom stereocenters. The zero-order valence-corrected chi connectivity index (χ0v) is 13.4. The number of aromatic nitrogens is 1. The van der Waals surface area contributed by atoms with E-state index >= 15 is 0 Å². The molecule has 1 heterocycles. The molecule has 0 aliphatic rings. The van der Waals surface area contributed by atoms with Crippen molar-refractivity contribution in [1.82, 2.24) is 4.57 Å². The second kappa shape index (κ2) is 6.80. The molecule has 1 aromatic carbocycles. The zero-order valence-electron chi connectivity index (χ0n) is 11.9. The van der Waals surface area contributed by atoms with E-state index in [9.17, 15) is 19.7 Å². The van der Waals surface area contributed by atoms with Gasteiger partial charge in [-0.15, -0.1) is 0 Å². The van der Waals surface area contributed by atoms with Crippen LogP contribution < -0.4 is 10.9 Å². The fraction of sp³-hybridized carbons (Fsp3) is 0.143. The average Bonchev–Trinajstić information content (AvgIpc) is 2.45. The number of nitro groups is 1. The van der Waals surface area contributed by atoms with Crippen LogP contribution in [0.5, 0.6) is 0 Å². The first-order valence-corrected chi connectivity index (χ1v) is 7.14. The molecule has 0 fully saturated rings. The second-order valence-corrected chi connectivity index (χ2v) is 5.58. The van der Waals surface area contributed by atoms with Gasteiger partial charge in [-0.1, -0.05) is 23.2 Å². The molecule has 0 saturated heterocycles.